The highest BCUT2D eigenvalue weighted by molar-refractivity contribution is 5.86. The van der Waals surface area contributed by atoms with E-state index in [0.717, 1.165) is 10.9 Å². The Morgan fingerprint density at radius 1 is 1.15 bits per heavy atom. The van der Waals surface area contributed by atoms with Gasteiger partial charge in [0.2, 0.25) is 11.7 Å². The molecule has 0 saturated carbocycles. The Hall–Kier alpha value is -2.20. The van der Waals surface area contributed by atoms with Crippen molar-refractivity contribution in [1.29, 1.82) is 0 Å². The van der Waals surface area contributed by atoms with E-state index < -0.39 is 0 Å². The van der Waals surface area contributed by atoms with Gasteiger partial charge in [0.05, 0.1) is 6.10 Å². The van der Waals surface area contributed by atoms with Crippen LogP contribution in [-0.4, -0.2) is 21.4 Å². The van der Waals surface area contributed by atoms with Gasteiger partial charge in [0.25, 0.3) is 0 Å². The van der Waals surface area contributed by atoms with Crippen molar-refractivity contribution in [1.82, 2.24) is 10.1 Å². The third-order valence-corrected chi connectivity index (χ3v) is 3.25. The largest absolute Gasteiger partial charge is 0.393 e. The molecular formula is C16H16N2O2. The Morgan fingerprint density at radius 3 is 2.75 bits per heavy atom. The summed E-state index contributed by atoms with van der Waals surface area (Å²) in [7, 11) is 0. The fraction of sp³-hybridized carbons (Fsp3) is 0.250. The SMILES string of the molecule is CC(O)CCc1nc(-c2ccc3ccccc3c2)no1. The van der Waals surface area contributed by atoms with Crippen LogP contribution in [0.3, 0.4) is 0 Å². The fourth-order valence-corrected chi connectivity index (χ4v) is 2.13. The van der Waals surface area contributed by atoms with Gasteiger partial charge in [-0.3, -0.25) is 0 Å². The van der Waals surface area contributed by atoms with Crippen LogP contribution in [0.1, 0.15) is 19.2 Å². The monoisotopic (exact) mass is 268 g/mol. The third kappa shape index (κ3) is 2.70. The van der Waals surface area contributed by atoms with E-state index in [1.165, 1.54) is 5.39 Å². The molecule has 3 rings (SSSR count). The van der Waals surface area contributed by atoms with Crippen LogP contribution >= 0.6 is 0 Å². The van der Waals surface area contributed by atoms with Crippen molar-refractivity contribution in [2.24, 2.45) is 0 Å². The molecule has 4 nitrogen and oxygen atoms in total. The number of aliphatic hydroxyl groups excluding tert-OH is 1. The number of aryl methyl sites for hydroxylation is 1. The molecule has 0 saturated heterocycles. The summed E-state index contributed by atoms with van der Waals surface area (Å²) >= 11 is 0. The zero-order valence-corrected chi connectivity index (χ0v) is 11.3. The number of hydrogen-bond acceptors (Lipinski definition) is 4. The maximum Gasteiger partial charge on any atom is 0.227 e. The third-order valence-electron chi connectivity index (χ3n) is 3.25. The van der Waals surface area contributed by atoms with Crippen LogP contribution in [0.15, 0.2) is 47.0 Å². The lowest BCUT2D eigenvalue weighted by atomic mass is 10.1. The van der Waals surface area contributed by atoms with Crippen LogP contribution in [-0.2, 0) is 6.42 Å². The van der Waals surface area contributed by atoms with Gasteiger partial charge in [-0.2, -0.15) is 4.98 Å². The molecule has 0 fully saturated rings. The number of aromatic nitrogens is 2. The van der Waals surface area contributed by atoms with Crippen molar-refractivity contribution in [2.75, 3.05) is 0 Å². The first kappa shape index (κ1) is 12.8. The molecule has 2 aromatic carbocycles. The molecule has 20 heavy (non-hydrogen) atoms. The zero-order valence-electron chi connectivity index (χ0n) is 11.3. The standard InChI is InChI=1S/C16H16N2O2/c1-11(19)6-9-15-17-16(18-20-15)14-8-7-12-4-2-3-5-13(12)10-14/h2-5,7-8,10-11,19H,6,9H2,1H3. The van der Waals surface area contributed by atoms with Gasteiger partial charge in [0, 0.05) is 12.0 Å². The molecule has 0 bridgehead atoms. The molecule has 1 atom stereocenters. The Bertz CT molecular complexity index is 719. The number of hydrogen-bond donors (Lipinski definition) is 1. The van der Waals surface area contributed by atoms with Gasteiger partial charge in [-0.15, -0.1) is 0 Å². The van der Waals surface area contributed by atoms with Crippen molar-refractivity contribution in [3.63, 3.8) is 0 Å². The molecule has 0 aliphatic carbocycles. The minimum atomic E-state index is -0.356. The van der Waals surface area contributed by atoms with Crippen molar-refractivity contribution in [3.8, 4) is 11.4 Å². The molecule has 4 heteroatoms. The van der Waals surface area contributed by atoms with Crippen LogP contribution in [0.4, 0.5) is 0 Å². The normalized spacial score (nSPS) is 12.7. The Kier molecular flexibility index (Phi) is 3.48. The number of rotatable bonds is 4. The summed E-state index contributed by atoms with van der Waals surface area (Å²) in [6.07, 6.45) is 0.864. The minimum Gasteiger partial charge on any atom is -0.393 e. The Balaban J connectivity index is 1.87. The van der Waals surface area contributed by atoms with Crippen LogP contribution in [0, 0.1) is 0 Å². The highest BCUT2D eigenvalue weighted by Gasteiger charge is 2.09. The zero-order chi connectivity index (χ0) is 13.9. The summed E-state index contributed by atoms with van der Waals surface area (Å²) in [6.45, 7) is 1.75. The highest BCUT2D eigenvalue weighted by atomic mass is 16.5. The van der Waals surface area contributed by atoms with Gasteiger partial charge in [0.1, 0.15) is 0 Å². The van der Waals surface area contributed by atoms with E-state index in [9.17, 15) is 5.11 Å². The van der Waals surface area contributed by atoms with Crippen LogP contribution in [0.5, 0.6) is 0 Å². The van der Waals surface area contributed by atoms with E-state index in [-0.39, 0.29) is 6.10 Å². The van der Waals surface area contributed by atoms with Crippen molar-refractivity contribution in [3.05, 3.63) is 48.4 Å². The molecule has 1 unspecified atom stereocenters. The van der Waals surface area contributed by atoms with Gasteiger partial charge in [-0.25, -0.2) is 0 Å². The van der Waals surface area contributed by atoms with Crippen molar-refractivity contribution in [2.45, 2.75) is 25.9 Å². The second-order valence-electron chi connectivity index (χ2n) is 4.96. The molecule has 0 amide bonds. The molecule has 3 aromatic rings. The van der Waals surface area contributed by atoms with Gasteiger partial charge in [-0.1, -0.05) is 41.6 Å². The maximum atomic E-state index is 9.27. The van der Waals surface area contributed by atoms with Crippen LogP contribution < -0.4 is 0 Å². The second kappa shape index (κ2) is 5.43. The molecule has 1 N–H and O–H groups in total. The van der Waals surface area contributed by atoms with Crippen LogP contribution in [0.2, 0.25) is 0 Å². The molecule has 102 valence electrons. The maximum absolute atomic E-state index is 9.27. The number of benzene rings is 2. The van der Waals surface area contributed by atoms with Gasteiger partial charge < -0.3 is 9.63 Å². The topological polar surface area (TPSA) is 59.2 Å². The quantitative estimate of drug-likeness (QED) is 0.789. The molecule has 0 radical (unpaired) electrons. The first-order valence-corrected chi connectivity index (χ1v) is 6.72. The summed E-state index contributed by atoms with van der Waals surface area (Å²) in [5, 5.41) is 15.6. The molecule has 0 aliphatic heterocycles. The highest BCUT2D eigenvalue weighted by Crippen LogP contribution is 2.22. The minimum absolute atomic E-state index is 0.356. The first-order valence-electron chi connectivity index (χ1n) is 6.72. The summed E-state index contributed by atoms with van der Waals surface area (Å²) < 4.78 is 5.21. The van der Waals surface area contributed by atoms with Gasteiger partial charge in [0.15, 0.2) is 0 Å². The lowest BCUT2D eigenvalue weighted by Gasteiger charge is -1.99. The molecular weight excluding hydrogens is 252 g/mol. The van der Waals surface area contributed by atoms with Crippen LogP contribution in [0.25, 0.3) is 22.2 Å². The second-order valence-corrected chi connectivity index (χ2v) is 4.96. The molecule has 0 spiro atoms. The van der Waals surface area contributed by atoms with E-state index in [4.69, 9.17) is 4.52 Å². The van der Waals surface area contributed by atoms with E-state index in [0.29, 0.717) is 24.6 Å². The Morgan fingerprint density at radius 2 is 1.95 bits per heavy atom. The average molecular weight is 268 g/mol. The predicted octanol–water partition coefficient (Wildman–Crippen LogP) is 3.20. The molecule has 1 aromatic heterocycles. The van der Waals surface area contributed by atoms with Gasteiger partial charge >= 0.3 is 0 Å². The lowest BCUT2D eigenvalue weighted by molar-refractivity contribution is 0.180. The summed E-state index contributed by atoms with van der Waals surface area (Å²) in [5.41, 5.74) is 0.941. The predicted molar refractivity (Wildman–Crippen MR) is 77.2 cm³/mol. The summed E-state index contributed by atoms with van der Waals surface area (Å²) in [4.78, 5) is 4.37. The first-order chi connectivity index (χ1) is 9.72. The van der Waals surface area contributed by atoms with E-state index in [2.05, 4.69) is 34.4 Å². The number of aliphatic hydroxyl groups is 1. The summed E-state index contributed by atoms with van der Waals surface area (Å²) in [6, 6.07) is 14.3. The van der Waals surface area contributed by atoms with Crippen molar-refractivity contribution < 1.29 is 9.63 Å². The van der Waals surface area contributed by atoms with E-state index >= 15 is 0 Å². The number of nitrogens with zero attached hydrogens (tertiary/aromatic N) is 2. The smallest absolute Gasteiger partial charge is 0.227 e. The number of fused-ring (bicyclic) bond motifs is 1. The van der Waals surface area contributed by atoms with Gasteiger partial charge in [-0.05, 0) is 30.2 Å². The van der Waals surface area contributed by atoms with Crippen molar-refractivity contribution >= 4 is 10.8 Å². The average Bonchev–Trinajstić information content (AvgIpc) is 2.93. The fourth-order valence-electron chi connectivity index (χ4n) is 2.13. The van der Waals surface area contributed by atoms with E-state index in [1.807, 2.05) is 18.2 Å². The Labute approximate surface area is 117 Å². The molecule has 0 aliphatic rings. The lowest BCUT2D eigenvalue weighted by Crippen LogP contribution is -2.01. The molecule has 1 heterocycles. The summed E-state index contributed by atoms with van der Waals surface area (Å²) in [5.74, 6) is 1.16. The van der Waals surface area contributed by atoms with E-state index in [1.54, 1.807) is 6.92 Å².